The van der Waals surface area contributed by atoms with E-state index in [2.05, 4.69) is 4.90 Å². The molecule has 0 aliphatic carbocycles. The Hall–Kier alpha value is -1.15. The van der Waals surface area contributed by atoms with Crippen LogP contribution >= 0.6 is 0 Å². The molecule has 2 nitrogen and oxygen atoms in total. The van der Waals surface area contributed by atoms with Gasteiger partial charge in [-0.25, -0.2) is 0 Å². The molecular weight excluding hydrogens is 234 g/mol. The van der Waals surface area contributed by atoms with E-state index in [1.165, 1.54) is 6.42 Å². The third-order valence-electron chi connectivity index (χ3n) is 3.71. The molecular formula is C17H25NO. The van der Waals surface area contributed by atoms with Crippen LogP contribution in [-0.4, -0.2) is 30.3 Å². The van der Waals surface area contributed by atoms with Crippen molar-refractivity contribution in [1.82, 2.24) is 4.90 Å². The minimum atomic E-state index is -0.326. The summed E-state index contributed by atoms with van der Waals surface area (Å²) in [5.41, 5.74) is 0.321. The molecule has 1 saturated heterocycles. The SMILES string of the molecule is [2H]c1c([2H])c(C(=O)C(C)CN2CCCCC2)c([2H])c([2H])c1CC. The number of hydrogen-bond donors (Lipinski definition) is 0. The molecule has 1 atom stereocenters. The summed E-state index contributed by atoms with van der Waals surface area (Å²) < 4.78 is 32.2. The highest BCUT2D eigenvalue weighted by Gasteiger charge is 2.19. The topological polar surface area (TPSA) is 20.3 Å². The second-order valence-electron chi connectivity index (χ2n) is 5.33. The predicted molar refractivity (Wildman–Crippen MR) is 79.6 cm³/mol. The number of hydrogen-bond acceptors (Lipinski definition) is 2. The van der Waals surface area contributed by atoms with Crippen molar-refractivity contribution < 1.29 is 10.3 Å². The van der Waals surface area contributed by atoms with E-state index in [0.717, 1.165) is 25.9 Å². The van der Waals surface area contributed by atoms with Crippen LogP contribution in [0.5, 0.6) is 0 Å². The molecule has 0 aromatic heterocycles. The van der Waals surface area contributed by atoms with Crippen molar-refractivity contribution in [3.8, 4) is 0 Å². The van der Waals surface area contributed by atoms with Gasteiger partial charge in [0.15, 0.2) is 5.78 Å². The van der Waals surface area contributed by atoms with Crippen LogP contribution in [0.3, 0.4) is 0 Å². The van der Waals surface area contributed by atoms with E-state index < -0.39 is 0 Å². The van der Waals surface area contributed by atoms with Crippen LogP contribution in [0, 0.1) is 5.92 Å². The molecule has 1 aliphatic rings. The summed E-state index contributed by atoms with van der Waals surface area (Å²) in [6.07, 6.45) is 3.95. The van der Waals surface area contributed by atoms with Gasteiger partial charge in [0.25, 0.3) is 0 Å². The summed E-state index contributed by atoms with van der Waals surface area (Å²) in [6, 6.07) is -0.555. The molecule has 104 valence electrons. The van der Waals surface area contributed by atoms with Crippen molar-refractivity contribution in [2.45, 2.75) is 39.5 Å². The average molecular weight is 263 g/mol. The molecule has 1 aromatic rings. The average Bonchev–Trinajstić information content (AvgIpc) is 2.54. The van der Waals surface area contributed by atoms with Gasteiger partial charge in [-0.1, -0.05) is 44.4 Å². The number of piperidine rings is 1. The highest BCUT2D eigenvalue weighted by Crippen LogP contribution is 2.15. The molecule has 2 heteroatoms. The lowest BCUT2D eigenvalue weighted by molar-refractivity contribution is 0.0883. The Balaban J connectivity index is 2.28. The summed E-state index contributed by atoms with van der Waals surface area (Å²) in [5, 5.41) is 0. The maximum absolute atomic E-state index is 12.7. The van der Waals surface area contributed by atoms with Gasteiger partial charge in [0.05, 0.1) is 5.48 Å². The van der Waals surface area contributed by atoms with Gasteiger partial charge in [-0.05, 0) is 37.9 Å². The Morgan fingerprint density at radius 3 is 2.47 bits per heavy atom. The smallest absolute Gasteiger partial charge is 0.166 e. The van der Waals surface area contributed by atoms with Crippen LogP contribution in [-0.2, 0) is 6.42 Å². The first kappa shape index (κ1) is 9.71. The third-order valence-corrected chi connectivity index (χ3v) is 3.71. The van der Waals surface area contributed by atoms with Gasteiger partial charge in [-0.15, -0.1) is 0 Å². The third kappa shape index (κ3) is 3.90. The van der Waals surface area contributed by atoms with Gasteiger partial charge in [0.2, 0.25) is 0 Å². The summed E-state index contributed by atoms with van der Waals surface area (Å²) in [7, 11) is 0. The van der Waals surface area contributed by atoms with E-state index in [0.29, 0.717) is 18.5 Å². The van der Waals surface area contributed by atoms with Crippen LogP contribution in [0.25, 0.3) is 0 Å². The fourth-order valence-corrected chi connectivity index (χ4v) is 2.50. The number of likely N-dealkylation sites (tertiary alicyclic amines) is 1. The normalized spacial score (nSPS) is 21.2. The molecule has 2 rings (SSSR count). The summed E-state index contributed by atoms with van der Waals surface area (Å²) in [5.74, 6) is -0.609. The first-order valence-electron chi connectivity index (χ1n) is 9.24. The van der Waals surface area contributed by atoms with Crippen LogP contribution in [0.1, 0.15) is 54.5 Å². The molecule has 1 aliphatic heterocycles. The van der Waals surface area contributed by atoms with E-state index in [1.54, 1.807) is 6.92 Å². The summed E-state index contributed by atoms with van der Waals surface area (Å²) in [6.45, 7) is 6.21. The minimum Gasteiger partial charge on any atom is -0.303 e. The van der Waals surface area contributed by atoms with Crippen molar-refractivity contribution >= 4 is 5.78 Å². The molecule has 0 bridgehead atoms. The molecule has 0 saturated carbocycles. The maximum Gasteiger partial charge on any atom is 0.166 e. The molecule has 1 unspecified atom stereocenters. The number of ketones is 1. The molecule has 1 aromatic carbocycles. The highest BCUT2D eigenvalue weighted by molar-refractivity contribution is 5.97. The van der Waals surface area contributed by atoms with E-state index in [-0.39, 0.29) is 41.4 Å². The van der Waals surface area contributed by atoms with Crippen molar-refractivity contribution in [2.75, 3.05) is 19.6 Å². The second kappa shape index (κ2) is 6.85. The van der Waals surface area contributed by atoms with Gasteiger partial charge in [-0.3, -0.25) is 4.79 Å². The Morgan fingerprint density at radius 2 is 1.89 bits per heavy atom. The standard InChI is InChI=1S/C17H25NO/c1-3-15-7-9-16(10-8-15)17(19)14(2)13-18-11-5-4-6-12-18/h7-10,14H,3-6,11-13H2,1-2H3/i7D,8D,9D,10D. The Labute approximate surface area is 122 Å². The van der Waals surface area contributed by atoms with E-state index >= 15 is 0 Å². The molecule has 1 fully saturated rings. The van der Waals surface area contributed by atoms with Crippen LogP contribution in [0.15, 0.2) is 24.2 Å². The van der Waals surface area contributed by atoms with Crippen molar-refractivity contribution in [1.29, 1.82) is 0 Å². The lowest BCUT2D eigenvalue weighted by Gasteiger charge is -2.28. The van der Waals surface area contributed by atoms with E-state index in [9.17, 15) is 4.79 Å². The fourth-order valence-electron chi connectivity index (χ4n) is 2.50. The Kier molecular flexibility index (Phi) is 3.50. The van der Waals surface area contributed by atoms with Crippen LogP contribution in [0.4, 0.5) is 0 Å². The lowest BCUT2D eigenvalue weighted by atomic mass is 9.97. The minimum absolute atomic E-state index is 0.0540. The van der Waals surface area contributed by atoms with Gasteiger partial charge < -0.3 is 4.90 Å². The van der Waals surface area contributed by atoms with Crippen molar-refractivity contribution in [3.63, 3.8) is 0 Å². The van der Waals surface area contributed by atoms with Crippen LogP contribution < -0.4 is 0 Å². The Morgan fingerprint density at radius 1 is 1.26 bits per heavy atom. The molecule has 0 radical (unpaired) electrons. The van der Waals surface area contributed by atoms with Gasteiger partial charge in [0, 0.05) is 18.0 Å². The first-order chi connectivity index (χ1) is 10.9. The fraction of sp³-hybridized carbons (Fsp3) is 0.588. The van der Waals surface area contributed by atoms with E-state index in [1.807, 2.05) is 6.92 Å². The largest absolute Gasteiger partial charge is 0.303 e. The van der Waals surface area contributed by atoms with Crippen molar-refractivity contribution in [2.24, 2.45) is 5.92 Å². The van der Waals surface area contributed by atoms with Crippen LogP contribution in [0.2, 0.25) is 0 Å². The number of rotatable bonds is 5. The zero-order valence-electron chi connectivity index (χ0n) is 15.9. The van der Waals surface area contributed by atoms with Gasteiger partial charge in [0.1, 0.15) is 0 Å². The molecule has 0 N–H and O–H groups in total. The number of carbonyl (C=O) groups excluding carboxylic acids is 1. The summed E-state index contributed by atoms with van der Waals surface area (Å²) in [4.78, 5) is 15.0. The molecule has 19 heavy (non-hydrogen) atoms. The summed E-state index contributed by atoms with van der Waals surface area (Å²) >= 11 is 0. The number of nitrogens with zero attached hydrogens (tertiary/aromatic N) is 1. The predicted octanol–water partition coefficient (Wildman–Crippen LogP) is 3.55. The zero-order chi connectivity index (χ0) is 17.1. The van der Waals surface area contributed by atoms with Gasteiger partial charge in [-0.2, -0.15) is 0 Å². The monoisotopic (exact) mass is 263 g/mol. The molecule has 0 amide bonds. The second-order valence-corrected chi connectivity index (χ2v) is 5.33. The lowest BCUT2D eigenvalue weighted by Crippen LogP contribution is -2.35. The number of benzene rings is 1. The molecule has 1 heterocycles. The first-order valence-corrected chi connectivity index (χ1v) is 7.24. The van der Waals surface area contributed by atoms with E-state index in [4.69, 9.17) is 5.48 Å². The number of Topliss-reactive ketones (excluding diaryl/α,β-unsaturated/α-hetero) is 1. The van der Waals surface area contributed by atoms with Crippen molar-refractivity contribution in [3.05, 3.63) is 35.3 Å². The Bertz CT molecular complexity index is 568. The van der Waals surface area contributed by atoms with Gasteiger partial charge >= 0.3 is 0 Å². The molecule has 0 spiro atoms. The number of carbonyl (C=O) groups is 1. The zero-order valence-corrected chi connectivity index (χ0v) is 11.9. The maximum atomic E-state index is 12.7. The quantitative estimate of drug-likeness (QED) is 0.757. The highest BCUT2D eigenvalue weighted by atomic mass is 16.1.